The zero-order valence-corrected chi connectivity index (χ0v) is 16.0. The van der Waals surface area contributed by atoms with E-state index in [4.69, 9.17) is 9.47 Å². The number of hydrogen-bond acceptors (Lipinski definition) is 5. The zero-order chi connectivity index (χ0) is 18.3. The van der Waals surface area contributed by atoms with E-state index in [-0.39, 0.29) is 0 Å². The fourth-order valence-electron chi connectivity index (χ4n) is 1.85. The third-order valence-corrected chi connectivity index (χ3v) is 2.73. The van der Waals surface area contributed by atoms with Crippen molar-refractivity contribution in [2.75, 3.05) is 20.6 Å². The fraction of sp³-hybridized carbons (Fsp3) is 0.882. The van der Waals surface area contributed by atoms with Gasteiger partial charge in [-0.2, -0.15) is 0 Å². The van der Waals surface area contributed by atoms with Gasteiger partial charge in [-0.05, 0) is 81.4 Å². The van der Waals surface area contributed by atoms with Crippen LogP contribution in [0.5, 0.6) is 0 Å². The Morgan fingerprint density at radius 3 is 1.91 bits per heavy atom. The van der Waals surface area contributed by atoms with Crippen molar-refractivity contribution in [3.8, 4) is 0 Å². The van der Waals surface area contributed by atoms with Crippen LogP contribution in [-0.2, 0) is 14.3 Å². The van der Waals surface area contributed by atoms with Gasteiger partial charge in [0.15, 0.2) is 0 Å². The van der Waals surface area contributed by atoms with Crippen molar-refractivity contribution in [1.29, 1.82) is 0 Å². The highest BCUT2D eigenvalue weighted by Crippen LogP contribution is 2.13. The van der Waals surface area contributed by atoms with Crippen molar-refractivity contribution in [3.63, 3.8) is 0 Å². The summed E-state index contributed by atoms with van der Waals surface area (Å²) in [6.07, 6.45) is 1.70. The van der Waals surface area contributed by atoms with Crippen LogP contribution in [0.2, 0.25) is 0 Å². The molecule has 0 aromatic rings. The number of rotatable bonds is 7. The van der Waals surface area contributed by atoms with Gasteiger partial charge in [-0.15, -0.1) is 0 Å². The first kappa shape index (κ1) is 21.7. The van der Waals surface area contributed by atoms with Crippen LogP contribution < -0.4 is 5.32 Å². The molecule has 0 unspecified atom stereocenters. The highest BCUT2D eigenvalue weighted by Gasteiger charge is 2.28. The van der Waals surface area contributed by atoms with Gasteiger partial charge in [-0.3, -0.25) is 0 Å². The molecule has 1 N–H and O–H groups in total. The number of unbranched alkanes of at least 4 members (excludes halogenated alkanes) is 1. The number of ether oxygens (including phenoxy) is 2. The molecule has 0 saturated carbocycles. The Labute approximate surface area is 140 Å². The smallest absolute Gasteiger partial charge is 0.408 e. The molecule has 136 valence electrons. The van der Waals surface area contributed by atoms with Crippen molar-refractivity contribution >= 4 is 12.1 Å². The average Bonchev–Trinajstić information content (AvgIpc) is 2.27. The second-order valence-corrected chi connectivity index (χ2v) is 8.03. The summed E-state index contributed by atoms with van der Waals surface area (Å²) in [5, 5.41) is 2.63. The Bertz CT molecular complexity index is 381. The Balaban J connectivity index is 4.66. The number of esters is 1. The summed E-state index contributed by atoms with van der Waals surface area (Å²) < 4.78 is 10.6. The minimum absolute atomic E-state index is 0.423. The lowest BCUT2D eigenvalue weighted by molar-refractivity contribution is -0.157. The van der Waals surface area contributed by atoms with Crippen LogP contribution >= 0.6 is 0 Å². The summed E-state index contributed by atoms with van der Waals surface area (Å²) in [6, 6.07) is -0.689. The average molecular weight is 330 g/mol. The van der Waals surface area contributed by atoms with E-state index >= 15 is 0 Å². The van der Waals surface area contributed by atoms with E-state index in [9.17, 15) is 9.59 Å². The topological polar surface area (TPSA) is 67.9 Å². The van der Waals surface area contributed by atoms with Crippen LogP contribution in [0.15, 0.2) is 0 Å². The summed E-state index contributed by atoms with van der Waals surface area (Å²) in [5.74, 6) is -0.423. The molecule has 0 heterocycles. The van der Waals surface area contributed by atoms with Gasteiger partial charge in [0.05, 0.1) is 0 Å². The van der Waals surface area contributed by atoms with Crippen molar-refractivity contribution in [2.24, 2.45) is 0 Å². The normalized spacial score (nSPS) is 13.6. The zero-order valence-electron chi connectivity index (χ0n) is 16.0. The quantitative estimate of drug-likeness (QED) is 0.574. The molecule has 0 aromatic carbocycles. The molecule has 6 nitrogen and oxygen atoms in total. The van der Waals surface area contributed by atoms with Gasteiger partial charge in [0, 0.05) is 0 Å². The highest BCUT2D eigenvalue weighted by molar-refractivity contribution is 5.81. The third kappa shape index (κ3) is 12.9. The lowest BCUT2D eigenvalue weighted by Gasteiger charge is -2.26. The Hall–Kier alpha value is -1.30. The molecule has 0 aliphatic carbocycles. The number of carbonyl (C=O) groups is 2. The maximum absolute atomic E-state index is 12.3. The molecule has 0 aliphatic rings. The maximum Gasteiger partial charge on any atom is 0.408 e. The van der Waals surface area contributed by atoms with E-state index < -0.39 is 29.3 Å². The van der Waals surface area contributed by atoms with Crippen molar-refractivity contribution in [1.82, 2.24) is 10.2 Å². The molecule has 23 heavy (non-hydrogen) atoms. The van der Waals surface area contributed by atoms with Gasteiger partial charge < -0.3 is 19.7 Å². The Morgan fingerprint density at radius 1 is 0.957 bits per heavy atom. The third-order valence-electron chi connectivity index (χ3n) is 2.73. The first-order valence-corrected chi connectivity index (χ1v) is 8.17. The molecular weight excluding hydrogens is 296 g/mol. The van der Waals surface area contributed by atoms with E-state index in [0.29, 0.717) is 6.42 Å². The number of alkyl carbamates (subject to hydrolysis) is 1. The van der Waals surface area contributed by atoms with E-state index in [1.54, 1.807) is 20.8 Å². The summed E-state index contributed by atoms with van der Waals surface area (Å²) >= 11 is 0. The largest absolute Gasteiger partial charge is 0.458 e. The highest BCUT2D eigenvalue weighted by atomic mass is 16.6. The van der Waals surface area contributed by atoms with Crippen LogP contribution in [0.1, 0.15) is 60.8 Å². The molecule has 0 spiro atoms. The molecule has 0 aliphatic heterocycles. The lowest BCUT2D eigenvalue weighted by Crippen LogP contribution is -2.46. The molecular formula is C17H34N2O4. The predicted molar refractivity (Wildman–Crippen MR) is 91.4 cm³/mol. The van der Waals surface area contributed by atoms with Crippen LogP contribution in [-0.4, -0.2) is 54.8 Å². The summed E-state index contributed by atoms with van der Waals surface area (Å²) in [6.45, 7) is 11.7. The van der Waals surface area contributed by atoms with Gasteiger partial charge in [0.1, 0.15) is 17.2 Å². The Morgan fingerprint density at radius 2 is 1.48 bits per heavy atom. The molecule has 6 heteroatoms. The first-order valence-electron chi connectivity index (χ1n) is 8.17. The van der Waals surface area contributed by atoms with Gasteiger partial charge in [-0.25, -0.2) is 9.59 Å². The van der Waals surface area contributed by atoms with Crippen LogP contribution in [0.25, 0.3) is 0 Å². The number of hydrogen-bond donors (Lipinski definition) is 1. The molecule has 0 rings (SSSR count). The van der Waals surface area contributed by atoms with E-state index in [1.165, 1.54) is 0 Å². The van der Waals surface area contributed by atoms with Crippen LogP contribution in [0, 0.1) is 0 Å². The number of nitrogens with zero attached hydrogens (tertiary/aromatic N) is 1. The second-order valence-electron chi connectivity index (χ2n) is 8.03. The molecule has 0 fully saturated rings. The van der Waals surface area contributed by atoms with E-state index in [1.807, 2.05) is 34.9 Å². The molecule has 0 radical (unpaired) electrons. The predicted octanol–water partition coefficient (Wildman–Crippen LogP) is 2.95. The number of carbonyl (C=O) groups excluding carboxylic acids is 2. The standard InChI is InChI=1S/C17H34N2O4/c1-16(2,3)22-14(20)13(11-9-10-12-19(7)8)18-15(21)23-17(4,5)6/h13H,9-12H2,1-8H3,(H,18,21)/t13-/m0/s1. The molecule has 0 aromatic heterocycles. The summed E-state index contributed by atoms with van der Waals surface area (Å²) in [7, 11) is 4.01. The lowest BCUT2D eigenvalue weighted by atomic mass is 10.1. The van der Waals surface area contributed by atoms with E-state index in [2.05, 4.69) is 10.2 Å². The van der Waals surface area contributed by atoms with Crippen molar-refractivity contribution in [2.45, 2.75) is 78.0 Å². The summed E-state index contributed by atoms with van der Waals surface area (Å²) in [4.78, 5) is 26.3. The molecule has 1 amide bonds. The van der Waals surface area contributed by atoms with Gasteiger partial charge >= 0.3 is 12.1 Å². The van der Waals surface area contributed by atoms with Gasteiger partial charge in [-0.1, -0.05) is 0 Å². The van der Waals surface area contributed by atoms with Crippen molar-refractivity contribution in [3.05, 3.63) is 0 Å². The molecule has 1 atom stereocenters. The number of amides is 1. The minimum Gasteiger partial charge on any atom is -0.458 e. The van der Waals surface area contributed by atoms with Crippen LogP contribution in [0.3, 0.4) is 0 Å². The second kappa shape index (κ2) is 9.11. The molecule has 0 saturated heterocycles. The van der Waals surface area contributed by atoms with Gasteiger partial charge in [0.25, 0.3) is 0 Å². The SMILES string of the molecule is CN(C)CCCC[C@H](NC(=O)OC(C)(C)C)C(=O)OC(C)(C)C. The number of nitrogens with one attached hydrogen (secondary N) is 1. The van der Waals surface area contributed by atoms with Gasteiger partial charge in [0.2, 0.25) is 0 Å². The maximum atomic E-state index is 12.3. The van der Waals surface area contributed by atoms with E-state index in [0.717, 1.165) is 19.4 Å². The summed E-state index contributed by atoms with van der Waals surface area (Å²) in [5.41, 5.74) is -1.19. The monoisotopic (exact) mass is 330 g/mol. The first-order chi connectivity index (χ1) is 10.3. The Kier molecular flexibility index (Phi) is 8.59. The molecule has 0 bridgehead atoms. The fourth-order valence-corrected chi connectivity index (χ4v) is 1.85. The van der Waals surface area contributed by atoms with Crippen molar-refractivity contribution < 1.29 is 19.1 Å². The minimum atomic E-state index is -0.689. The van der Waals surface area contributed by atoms with Crippen LogP contribution in [0.4, 0.5) is 4.79 Å².